The molecule has 1 aliphatic carbocycles. The van der Waals surface area contributed by atoms with Gasteiger partial charge in [-0.1, -0.05) is 18.2 Å². The third kappa shape index (κ3) is 4.79. The highest BCUT2D eigenvalue weighted by Crippen LogP contribution is 2.40. The molecule has 2 fully saturated rings. The van der Waals surface area contributed by atoms with Crippen molar-refractivity contribution in [2.75, 3.05) is 39.0 Å². The van der Waals surface area contributed by atoms with Gasteiger partial charge in [0.1, 0.15) is 35.1 Å². The number of nitrogen functional groups attached to an aromatic ring is 1. The van der Waals surface area contributed by atoms with Crippen LogP contribution < -0.4 is 10.5 Å². The van der Waals surface area contributed by atoms with Crippen LogP contribution in [0.1, 0.15) is 31.7 Å². The standard InChI is InChI=1S/C29H33FN6O/c1-34-13-15-35(16-14-34)20-7-9-21(10-8-20)36-18-25(27-28(31)32-19-33-29(27)36)24-12-11-23(17-26(24)30)37-22-5-3-2-4-6-22/h2-6,11-12,17-21H,7-10,13-16H2,1H3,(H2,31,32,33). The summed E-state index contributed by atoms with van der Waals surface area (Å²) in [5.74, 6) is 1.11. The third-order valence-corrected chi connectivity index (χ3v) is 7.96. The molecule has 2 aliphatic rings. The molecule has 0 amide bonds. The van der Waals surface area contributed by atoms with Gasteiger partial charge in [0.25, 0.3) is 0 Å². The van der Waals surface area contributed by atoms with E-state index < -0.39 is 0 Å². The van der Waals surface area contributed by atoms with Gasteiger partial charge in [0.15, 0.2) is 0 Å². The van der Waals surface area contributed by atoms with Crippen molar-refractivity contribution in [3.05, 3.63) is 66.9 Å². The summed E-state index contributed by atoms with van der Waals surface area (Å²) in [6.07, 6.45) is 7.97. The number of anilines is 1. The van der Waals surface area contributed by atoms with Crippen LogP contribution in [-0.2, 0) is 0 Å². The monoisotopic (exact) mass is 500 g/mol. The first kappa shape index (κ1) is 23.9. The number of hydrogen-bond donors (Lipinski definition) is 1. The summed E-state index contributed by atoms with van der Waals surface area (Å²) in [5, 5.41) is 0.708. The Balaban J connectivity index is 1.27. The largest absolute Gasteiger partial charge is 0.457 e. The molecule has 8 heteroatoms. The normalized spacial score (nSPS) is 21.4. The van der Waals surface area contributed by atoms with Gasteiger partial charge in [-0.2, -0.15) is 0 Å². The molecule has 6 rings (SSSR count). The number of nitrogens with zero attached hydrogens (tertiary/aromatic N) is 5. The fraction of sp³-hybridized carbons (Fsp3) is 0.379. The quantitative estimate of drug-likeness (QED) is 0.399. The number of nitrogens with two attached hydrogens (primary N) is 1. The first-order valence-corrected chi connectivity index (χ1v) is 13.1. The third-order valence-electron chi connectivity index (χ3n) is 7.96. The number of likely N-dealkylation sites (N-methyl/N-ethyl adjacent to an activating group) is 1. The fourth-order valence-electron chi connectivity index (χ4n) is 5.88. The highest BCUT2D eigenvalue weighted by Gasteiger charge is 2.30. The van der Waals surface area contributed by atoms with Gasteiger partial charge in [0, 0.05) is 61.7 Å². The number of fused-ring (bicyclic) bond motifs is 1. The molecular formula is C29H33FN6O. The molecule has 0 atom stereocenters. The van der Waals surface area contributed by atoms with Crippen molar-refractivity contribution in [3.63, 3.8) is 0 Å². The maximum Gasteiger partial charge on any atom is 0.146 e. The smallest absolute Gasteiger partial charge is 0.146 e. The Kier molecular flexibility index (Phi) is 6.52. The van der Waals surface area contributed by atoms with Crippen molar-refractivity contribution >= 4 is 16.9 Å². The minimum absolute atomic E-state index is 0.304. The average molecular weight is 501 g/mol. The van der Waals surface area contributed by atoms with Crippen LogP contribution in [0.25, 0.3) is 22.2 Å². The van der Waals surface area contributed by atoms with E-state index in [1.54, 1.807) is 12.1 Å². The molecular weight excluding hydrogens is 467 g/mol. The highest BCUT2D eigenvalue weighted by atomic mass is 19.1. The minimum atomic E-state index is -0.366. The molecule has 192 valence electrons. The molecule has 0 spiro atoms. The van der Waals surface area contributed by atoms with Crippen LogP contribution in [-0.4, -0.2) is 63.6 Å². The van der Waals surface area contributed by atoms with Crippen molar-refractivity contribution < 1.29 is 9.13 Å². The molecule has 0 bridgehead atoms. The number of benzene rings is 2. The van der Waals surface area contributed by atoms with Crippen molar-refractivity contribution in [2.24, 2.45) is 0 Å². The van der Waals surface area contributed by atoms with E-state index in [1.165, 1.54) is 12.4 Å². The maximum absolute atomic E-state index is 15.5. The predicted octanol–water partition coefficient (Wildman–Crippen LogP) is 5.34. The SMILES string of the molecule is CN1CCN(C2CCC(n3cc(-c4ccc(Oc5ccccc5)cc4F)c4c(N)ncnc43)CC2)CC1. The van der Waals surface area contributed by atoms with E-state index in [0.29, 0.717) is 40.4 Å². The van der Waals surface area contributed by atoms with Gasteiger partial charge < -0.3 is 19.9 Å². The number of aromatic nitrogens is 3. The van der Waals surface area contributed by atoms with Gasteiger partial charge in [0.05, 0.1) is 5.39 Å². The van der Waals surface area contributed by atoms with E-state index >= 15 is 4.39 Å². The number of halogens is 1. The van der Waals surface area contributed by atoms with E-state index in [9.17, 15) is 0 Å². The molecule has 0 radical (unpaired) electrons. The summed E-state index contributed by atoms with van der Waals surface area (Å²) >= 11 is 0. The van der Waals surface area contributed by atoms with Gasteiger partial charge in [0.2, 0.25) is 0 Å². The van der Waals surface area contributed by atoms with Crippen LogP contribution in [0.4, 0.5) is 10.2 Å². The zero-order valence-corrected chi connectivity index (χ0v) is 21.2. The van der Waals surface area contributed by atoms with Gasteiger partial charge in [-0.15, -0.1) is 0 Å². The Morgan fingerprint density at radius 2 is 1.59 bits per heavy atom. The highest BCUT2D eigenvalue weighted by molar-refractivity contribution is 6.00. The molecule has 4 aromatic rings. The minimum Gasteiger partial charge on any atom is -0.457 e. The Labute approximate surface area is 216 Å². The predicted molar refractivity (Wildman–Crippen MR) is 144 cm³/mol. The molecule has 2 aromatic carbocycles. The lowest BCUT2D eigenvalue weighted by atomic mass is 9.89. The van der Waals surface area contributed by atoms with Crippen LogP contribution in [0.15, 0.2) is 61.1 Å². The van der Waals surface area contributed by atoms with Crippen molar-refractivity contribution in [1.29, 1.82) is 0 Å². The molecule has 2 N–H and O–H groups in total. The lowest BCUT2D eigenvalue weighted by molar-refractivity contribution is 0.0828. The molecule has 2 aromatic heterocycles. The maximum atomic E-state index is 15.5. The Hall–Kier alpha value is -3.49. The van der Waals surface area contributed by atoms with Crippen LogP contribution in [0.5, 0.6) is 11.5 Å². The Bertz CT molecular complexity index is 1370. The van der Waals surface area contributed by atoms with Crippen molar-refractivity contribution in [1.82, 2.24) is 24.3 Å². The van der Waals surface area contributed by atoms with E-state index in [-0.39, 0.29) is 5.82 Å². The van der Waals surface area contributed by atoms with Gasteiger partial charge in [-0.05, 0) is 57.0 Å². The molecule has 0 unspecified atom stereocenters. The molecule has 7 nitrogen and oxygen atoms in total. The average Bonchev–Trinajstić information content (AvgIpc) is 3.31. The van der Waals surface area contributed by atoms with Crippen LogP contribution in [0.3, 0.4) is 0 Å². The van der Waals surface area contributed by atoms with Crippen LogP contribution >= 0.6 is 0 Å². The van der Waals surface area contributed by atoms with E-state index in [0.717, 1.165) is 63.1 Å². The second kappa shape index (κ2) is 10.1. The van der Waals surface area contributed by atoms with Gasteiger partial charge in [-0.25, -0.2) is 14.4 Å². The van der Waals surface area contributed by atoms with Crippen molar-refractivity contribution in [2.45, 2.75) is 37.8 Å². The molecule has 1 saturated carbocycles. The van der Waals surface area contributed by atoms with Crippen molar-refractivity contribution in [3.8, 4) is 22.6 Å². The topological polar surface area (TPSA) is 72.4 Å². The summed E-state index contributed by atoms with van der Waals surface area (Å²) in [7, 11) is 2.20. The van der Waals surface area contributed by atoms with Gasteiger partial charge >= 0.3 is 0 Å². The lowest BCUT2D eigenvalue weighted by Gasteiger charge is -2.41. The summed E-state index contributed by atoms with van der Waals surface area (Å²) in [5.41, 5.74) is 8.29. The molecule has 1 aliphatic heterocycles. The first-order chi connectivity index (χ1) is 18.1. The van der Waals surface area contributed by atoms with E-state index in [4.69, 9.17) is 10.5 Å². The summed E-state index contributed by atoms with van der Waals surface area (Å²) in [4.78, 5) is 13.9. The summed E-state index contributed by atoms with van der Waals surface area (Å²) < 4.78 is 23.5. The molecule has 3 heterocycles. The zero-order chi connectivity index (χ0) is 25.4. The van der Waals surface area contributed by atoms with Crippen LogP contribution in [0.2, 0.25) is 0 Å². The number of hydrogen-bond acceptors (Lipinski definition) is 6. The van der Waals surface area contributed by atoms with E-state index in [2.05, 4.69) is 31.4 Å². The second-order valence-corrected chi connectivity index (χ2v) is 10.3. The summed E-state index contributed by atoms with van der Waals surface area (Å²) in [6.45, 7) is 4.58. The number of para-hydroxylation sites is 1. The number of ether oxygens (including phenoxy) is 1. The number of rotatable bonds is 5. The van der Waals surface area contributed by atoms with Gasteiger partial charge in [-0.3, -0.25) is 4.90 Å². The lowest BCUT2D eigenvalue weighted by Crippen LogP contribution is -2.49. The Morgan fingerprint density at radius 3 is 2.32 bits per heavy atom. The summed E-state index contributed by atoms with van der Waals surface area (Å²) in [6, 6.07) is 15.3. The van der Waals surface area contributed by atoms with Crippen LogP contribution in [0, 0.1) is 5.82 Å². The Morgan fingerprint density at radius 1 is 0.865 bits per heavy atom. The zero-order valence-electron chi connectivity index (χ0n) is 21.2. The van der Waals surface area contributed by atoms with E-state index in [1.807, 2.05) is 36.5 Å². The second-order valence-electron chi connectivity index (χ2n) is 10.3. The first-order valence-electron chi connectivity index (χ1n) is 13.1. The molecule has 37 heavy (non-hydrogen) atoms. The number of piperazine rings is 1. The fourth-order valence-corrected chi connectivity index (χ4v) is 5.88. The molecule has 1 saturated heterocycles.